The normalized spacial score (nSPS) is 23.8. The van der Waals surface area contributed by atoms with E-state index in [4.69, 9.17) is 9.15 Å². The van der Waals surface area contributed by atoms with E-state index in [1.165, 1.54) is 32.6 Å². The third-order valence-corrected chi connectivity index (χ3v) is 4.61. The number of rotatable bonds is 5. The van der Waals surface area contributed by atoms with Crippen LogP contribution in [0.25, 0.3) is 0 Å². The van der Waals surface area contributed by atoms with Gasteiger partial charge >= 0.3 is 5.97 Å². The summed E-state index contributed by atoms with van der Waals surface area (Å²) in [5, 5.41) is 0. The molecule has 0 aromatic carbocycles. The molecule has 3 rings (SSSR count). The Morgan fingerprint density at radius 3 is 2.96 bits per heavy atom. The molecule has 0 spiro atoms. The van der Waals surface area contributed by atoms with Crippen molar-refractivity contribution in [1.82, 2.24) is 14.8 Å². The second-order valence-electron chi connectivity index (χ2n) is 6.15. The fourth-order valence-electron chi connectivity index (χ4n) is 3.31. The third-order valence-electron chi connectivity index (χ3n) is 4.61. The Balaban J connectivity index is 1.59. The summed E-state index contributed by atoms with van der Waals surface area (Å²) in [5.41, 5.74) is 0.240. The quantitative estimate of drug-likeness (QED) is 0.753. The van der Waals surface area contributed by atoms with Crippen LogP contribution in [-0.2, 0) is 16.0 Å². The first-order valence-corrected chi connectivity index (χ1v) is 8.33. The van der Waals surface area contributed by atoms with E-state index in [1.807, 2.05) is 0 Å². The predicted octanol–water partition coefficient (Wildman–Crippen LogP) is 1.15. The number of oxazole rings is 1. The molecule has 0 amide bonds. The van der Waals surface area contributed by atoms with Crippen LogP contribution in [0.15, 0.2) is 10.7 Å². The fraction of sp³-hybridized carbons (Fsp3) is 0.750. The number of likely N-dealkylation sites (tertiary alicyclic amines) is 1. The number of carbonyl (C=O) groups excluding carboxylic acids is 1. The number of esters is 1. The number of methoxy groups -OCH3 is 1. The Labute approximate surface area is 136 Å². The summed E-state index contributed by atoms with van der Waals surface area (Å²) in [6, 6.07) is 0.510. The first kappa shape index (κ1) is 16.4. The third kappa shape index (κ3) is 4.31. The summed E-state index contributed by atoms with van der Waals surface area (Å²) in [5.74, 6) is 0.128. The Hall–Kier alpha value is -1.44. The Morgan fingerprint density at radius 2 is 2.17 bits per heavy atom. The van der Waals surface area contributed by atoms with E-state index in [2.05, 4.69) is 19.5 Å². The molecule has 0 saturated carbocycles. The van der Waals surface area contributed by atoms with Crippen molar-refractivity contribution < 1.29 is 18.7 Å². The first-order valence-electron chi connectivity index (χ1n) is 8.33. The second-order valence-corrected chi connectivity index (χ2v) is 6.15. The molecule has 7 nitrogen and oxygen atoms in total. The van der Waals surface area contributed by atoms with E-state index < -0.39 is 5.97 Å². The van der Waals surface area contributed by atoms with Gasteiger partial charge in [-0.15, -0.1) is 0 Å². The monoisotopic (exact) mass is 323 g/mol. The maximum Gasteiger partial charge on any atom is 0.360 e. The number of carbonyl (C=O) groups is 1. The minimum atomic E-state index is -0.455. The van der Waals surface area contributed by atoms with E-state index in [1.54, 1.807) is 0 Å². The summed E-state index contributed by atoms with van der Waals surface area (Å²) in [7, 11) is 1.35. The van der Waals surface area contributed by atoms with Gasteiger partial charge in [0, 0.05) is 25.7 Å². The molecule has 1 aromatic heterocycles. The summed E-state index contributed by atoms with van der Waals surface area (Å²) in [6.45, 7) is 6.43. The van der Waals surface area contributed by atoms with E-state index in [0.717, 1.165) is 39.4 Å². The first-order chi connectivity index (χ1) is 11.3. The highest BCUT2D eigenvalue weighted by molar-refractivity contribution is 5.86. The molecule has 7 heteroatoms. The molecule has 2 aliphatic heterocycles. The van der Waals surface area contributed by atoms with Crippen LogP contribution >= 0.6 is 0 Å². The minimum absolute atomic E-state index is 0.240. The Bertz CT molecular complexity index is 513. The molecule has 0 N–H and O–H groups in total. The van der Waals surface area contributed by atoms with Crippen molar-refractivity contribution in [2.75, 3.05) is 46.5 Å². The topological polar surface area (TPSA) is 68.0 Å². The largest absolute Gasteiger partial charge is 0.464 e. The molecule has 1 aromatic rings. The number of morpholine rings is 1. The van der Waals surface area contributed by atoms with Crippen LogP contribution in [0.4, 0.5) is 0 Å². The summed E-state index contributed by atoms with van der Waals surface area (Å²) in [4.78, 5) is 20.6. The molecule has 2 aliphatic rings. The van der Waals surface area contributed by atoms with E-state index >= 15 is 0 Å². The van der Waals surface area contributed by atoms with Gasteiger partial charge in [-0.1, -0.05) is 6.42 Å². The number of aromatic nitrogens is 1. The number of hydrogen-bond donors (Lipinski definition) is 0. The minimum Gasteiger partial charge on any atom is -0.464 e. The lowest BCUT2D eigenvalue weighted by molar-refractivity contribution is 0.0139. The van der Waals surface area contributed by atoms with Gasteiger partial charge in [-0.3, -0.25) is 9.80 Å². The van der Waals surface area contributed by atoms with E-state index in [9.17, 15) is 4.79 Å². The van der Waals surface area contributed by atoms with Crippen molar-refractivity contribution in [3.05, 3.63) is 17.8 Å². The highest BCUT2D eigenvalue weighted by Crippen LogP contribution is 2.21. The Morgan fingerprint density at radius 1 is 1.35 bits per heavy atom. The molecular formula is C16H25N3O4. The van der Waals surface area contributed by atoms with Gasteiger partial charge in [0.05, 0.1) is 26.9 Å². The van der Waals surface area contributed by atoms with Crippen molar-refractivity contribution in [2.45, 2.75) is 31.8 Å². The highest BCUT2D eigenvalue weighted by atomic mass is 16.5. The zero-order valence-electron chi connectivity index (χ0n) is 13.7. The molecule has 0 bridgehead atoms. The van der Waals surface area contributed by atoms with Crippen molar-refractivity contribution in [3.8, 4) is 0 Å². The van der Waals surface area contributed by atoms with Crippen LogP contribution in [-0.4, -0.2) is 73.3 Å². The molecule has 3 heterocycles. The van der Waals surface area contributed by atoms with Crippen molar-refractivity contribution in [1.29, 1.82) is 0 Å². The zero-order chi connectivity index (χ0) is 16.1. The van der Waals surface area contributed by atoms with Crippen molar-refractivity contribution >= 4 is 5.97 Å². The van der Waals surface area contributed by atoms with Crippen LogP contribution in [0.2, 0.25) is 0 Å². The van der Waals surface area contributed by atoms with Crippen molar-refractivity contribution in [3.63, 3.8) is 0 Å². The standard InChI is InChI=1S/C16H25N3O4/c1-21-16(20)14-12-23-15(17-14)11-19-5-3-2-4-13(19)10-18-6-8-22-9-7-18/h12-13H,2-11H2,1H3. The van der Waals surface area contributed by atoms with Crippen LogP contribution in [0.1, 0.15) is 35.6 Å². The van der Waals surface area contributed by atoms with Crippen LogP contribution in [0, 0.1) is 0 Å². The molecule has 1 atom stereocenters. The molecule has 0 aliphatic carbocycles. The lowest BCUT2D eigenvalue weighted by Gasteiger charge is -2.39. The summed E-state index contributed by atoms with van der Waals surface area (Å²) < 4.78 is 15.5. The van der Waals surface area contributed by atoms with Gasteiger partial charge in [0.15, 0.2) is 5.69 Å². The lowest BCUT2D eigenvalue weighted by atomic mass is 10.0. The summed E-state index contributed by atoms with van der Waals surface area (Å²) >= 11 is 0. The molecule has 2 saturated heterocycles. The van der Waals surface area contributed by atoms with Gasteiger partial charge in [0.1, 0.15) is 6.26 Å². The Kier molecular flexibility index (Phi) is 5.64. The molecule has 23 heavy (non-hydrogen) atoms. The van der Waals surface area contributed by atoms with Crippen LogP contribution < -0.4 is 0 Å². The second kappa shape index (κ2) is 7.90. The molecular weight excluding hydrogens is 298 g/mol. The van der Waals surface area contributed by atoms with E-state index in [-0.39, 0.29) is 5.69 Å². The molecule has 1 unspecified atom stereocenters. The predicted molar refractivity (Wildman–Crippen MR) is 83.2 cm³/mol. The molecule has 128 valence electrons. The van der Waals surface area contributed by atoms with Crippen LogP contribution in [0.5, 0.6) is 0 Å². The van der Waals surface area contributed by atoms with Crippen molar-refractivity contribution in [2.24, 2.45) is 0 Å². The average molecular weight is 323 g/mol. The molecule has 2 fully saturated rings. The van der Waals surface area contributed by atoms with Gasteiger partial charge in [-0.05, 0) is 19.4 Å². The maximum atomic E-state index is 11.5. The zero-order valence-corrected chi connectivity index (χ0v) is 13.7. The van der Waals surface area contributed by atoms with Gasteiger partial charge in [0.25, 0.3) is 0 Å². The molecule has 0 radical (unpaired) electrons. The number of nitrogens with zero attached hydrogens (tertiary/aromatic N) is 3. The SMILES string of the molecule is COC(=O)c1coc(CN2CCCCC2CN2CCOCC2)n1. The lowest BCUT2D eigenvalue weighted by Crippen LogP contribution is -2.49. The summed E-state index contributed by atoms with van der Waals surface area (Å²) in [6.07, 6.45) is 5.04. The van der Waals surface area contributed by atoms with E-state index in [0.29, 0.717) is 18.5 Å². The van der Waals surface area contributed by atoms with Gasteiger partial charge in [-0.2, -0.15) is 0 Å². The van der Waals surface area contributed by atoms with Gasteiger partial charge < -0.3 is 13.9 Å². The maximum absolute atomic E-state index is 11.5. The van der Waals surface area contributed by atoms with Gasteiger partial charge in [-0.25, -0.2) is 9.78 Å². The number of hydrogen-bond acceptors (Lipinski definition) is 7. The van der Waals surface area contributed by atoms with Crippen LogP contribution in [0.3, 0.4) is 0 Å². The number of ether oxygens (including phenoxy) is 2. The number of piperidine rings is 1. The highest BCUT2D eigenvalue weighted by Gasteiger charge is 2.27. The smallest absolute Gasteiger partial charge is 0.360 e. The average Bonchev–Trinajstić information content (AvgIpc) is 3.05. The van der Waals surface area contributed by atoms with Gasteiger partial charge in [0.2, 0.25) is 5.89 Å². The fourth-order valence-corrected chi connectivity index (χ4v) is 3.31.